The van der Waals surface area contributed by atoms with Crippen molar-refractivity contribution >= 4 is 17.0 Å². The number of nitrogens with two attached hydrogens (primary N) is 1. The van der Waals surface area contributed by atoms with Crippen molar-refractivity contribution in [2.45, 2.75) is 31.5 Å². The van der Waals surface area contributed by atoms with Crippen LogP contribution in [0.5, 0.6) is 0 Å². The van der Waals surface area contributed by atoms with Crippen LogP contribution in [0.4, 0.5) is 5.82 Å². The van der Waals surface area contributed by atoms with Crippen LogP contribution in [0.1, 0.15) is 6.92 Å². The Morgan fingerprint density at radius 1 is 1.33 bits per heavy atom. The van der Waals surface area contributed by atoms with Gasteiger partial charge in [0.05, 0.1) is 0 Å². The van der Waals surface area contributed by atoms with Gasteiger partial charge in [0.15, 0.2) is 17.4 Å². The van der Waals surface area contributed by atoms with Gasteiger partial charge in [0.25, 0.3) is 6.29 Å². The molecule has 2 aromatic rings. The number of nitrogens with zero attached hydrogens (tertiary/aromatic N) is 4. The lowest BCUT2D eigenvalue weighted by Gasteiger charge is -2.16. The topological polar surface area (TPSA) is 129 Å². The van der Waals surface area contributed by atoms with Gasteiger partial charge in [-0.1, -0.05) is 5.92 Å². The van der Waals surface area contributed by atoms with Crippen LogP contribution in [0, 0.1) is 11.8 Å². The van der Waals surface area contributed by atoms with Crippen molar-refractivity contribution in [2.24, 2.45) is 0 Å². The van der Waals surface area contributed by atoms with Gasteiger partial charge in [-0.25, -0.2) is 15.0 Å². The molecular weight excluding hydrogens is 278 g/mol. The molecule has 110 valence electrons. The van der Waals surface area contributed by atoms with Crippen LogP contribution >= 0.6 is 0 Å². The zero-order valence-corrected chi connectivity index (χ0v) is 11.0. The number of aliphatic hydroxyl groups is 2. The normalized spacial score (nSPS) is 28.3. The molecule has 2 aromatic heterocycles. The monoisotopic (exact) mass is 291 g/mol. The van der Waals surface area contributed by atoms with Gasteiger partial charge in [-0.05, 0) is 6.92 Å². The first kappa shape index (κ1) is 13.6. The Labute approximate surface area is 119 Å². The Kier molecular flexibility index (Phi) is 3.34. The predicted molar refractivity (Wildman–Crippen MR) is 70.4 cm³/mol. The highest BCUT2D eigenvalue weighted by Crippen LogP contribution is 2.21. The van der Waals surface area contributed by atoms with Gasteiger partial charge in [-0.15, -0.1) is 10.7 Å². The highest BCUT2D eigenvalue weighted by atomic mass is 16.8. The number of nitrogen functional groups attached to an aromatic ring is 1. The summed E-state index contributed by atoms with van der Waals surface area (Å²) >= 11 is 0. The van der Waals surface area contributed by atoms with E-state index in [0.717, 1.165) is 0 Å². The fourth-order valence-electron chi connectivity index (χ4n) is 2.02. The second kappa shape index (κ2) is 5.17. The number of aromatic nitrogens is 4. The van der Waals surface area contributed by atoms with Crippen molar-refractivity contribution < 1.29 is 19.8 Å². The van der Waals surface area contributed by atoms with E-state index in [1.54, 1.807) is 6.92 Å². The Balaban J connectivity index is 1.85. The summed E-state index contributed by atoms with van der Waals surface area (Å²) in [6.07, 6.45) is -1.71. The minimum Gasteiger partial charge on any atom is -0.386 e. The molecule has 0 aliphatic carbocycles. The molecule has 21 heavy (non-hydrogen) atoms. The quantitative estimate of drug-likeness (QED) is 0.559. The van der Waals surface area contributed by atoms with Crippen LogP contribution in [0.15, 0.2) is 12.7 Å². The molecule has 4 N–H and O–H groups in total. The summed E-state index contributed by atoms with van der Waals surface area (Å²) < 4.78 is 6.56. The third-order valence-electron chi connectivity index (χ3n) is 3.06. The summed E-state index contributed by atoms with van der Waals surface area (Å²) in [7, 11) is 0. The van der Waals surface area contributed by atoms with E-state index < -0.39 is 24.6 Å². The van der Waals surface area contributed by atoms with E-state index in [1.165, 1.54) is 17.4 Å². The lowest BCUT2D eigenvalue weighted by atomic mass is 10.1. The number of anilines is 1. The molecule has 3 rings (SSSR count). The zero-order valence-electron chi connectivity index (χ0n) is 11.0. The van der Waals surface area contributed by atoms with Gasteiger partial charge in [-0.3, -0.25) is 0 Å². The van der Waals surface area contributed by atoms with Crippen molar-refractivity contribution in [3.8, 4) is 11.8 Å². The molecule has 9 heteroatoms. The van der Waals surface area contributed by atoms with Gasteiger partial charge in [0, 0.05) is 0 Å². The summed E-state index contributed by atoms with van der Waals surface area (Å²) in [4.78, 5) is 17.3. The van der Waals surface area contributed by atoms with E-state index in [9.17, 15) is 10.2 Å². The van der Waals surface area contributed by atoms with Crippen LogP contribution in [-0.2, 0) is 4.74 Å². The standard InChI is InChI=1S/C12H13N5O4/c1-2-3-6-8(18)9(19)12(20-6)21-17-5-16-7-10(13)14-4-15-11(7)17/h4-6,8-9,12,18-19H,1H3,(H2,13,14,15)/t6-,8-,9-,12+/m1/s1. The smallest absolute Gasteiger partial charge is 0.255 e. The SMILES string of the molecule is CC#C[C@H]1O[C@@H](On2cnc3c(N)ncnc32)[C@H](O)[C@@H]1O. The molecule has 1 fully saturated rings. The number of imidazole rings is 1. The Morgan fingerprint density at radius 3 is 2.90 bits per heavy atom. The van der Waals surface area contributed by atoms with E-state index in [2.05, 4.69) is 26.8 Å². The number of hydrogen-bond acceptors (Lipinski definition) is 8. The molecule has 0 spiro atoms. The first-order valence-corrected chi connectivity index (χ1v) is 6.16. The minimum atomic E-state index is -1.24. The van der Waals surface area contributed by atoms with E-state index in [0.29, 0.717) is 11.2 Å². The maximum Gasteiger partial charge on any atom is 0.255 e. The van der Waals surface area contributed by atoms with Crippen LogP contribution in [0.25, 0.3) is 11.2 Å². The average Bonchev–Trinajstić information content (AvgIpc) is 2.99. The van der Waals surface area contributed by atoms with Crippen LogP contribution < -0.4 is 10.6 Å². The van der Waals surface area contributed by atoms with Crippen LogP contribution in [0.2, 0.25) is 0 Å². The summed E-state index contributed by atoms with van der Waals surface area (Å²) in [6, 6.07) is 0. The van der Waals surface area contributed by atoms with E-state index in [-0.39, 0.29) is 5.82 Å². The van der Waals surface area contributed by atoms with E-state index in [1.807, 2.05) is 0 Å². The fourth-order valence-corrected chi connectivity index (χ4v) is 2.02. The molecule has 1 saturated heterocycles. The molecule has 4 atom stereocenters. The second-order valence-electron chi connectivity index (χ2n) is 4.41. The summed E-state index contributed by atoms with van der Waals surface area (Å²) in [5.41, 5.74) is 6.37. The molecule has 1 aliphatic heterocycles. The highest BCUT2D eigenvalue weighted by Gasteiger charge is 2.44. The van der Waals surface area contributed by atoms with Gasteiger partial charge < -0.3 is 25.5 Å². The number of hydrogen-bond donors (Lipinski definition) is 3. The fraction of sp³-hybridized carbons (Fsp3) is 0.417. The molecule has 3 heterocycles. The largest absolute Gasteiger partial charge is 0.386 e. The third kappa shape index (κ3) is 2.25. The van der Waals surface area contributed by atoms with Crippen molar-refractivity contribution in [2.75, 3.05) is 5.73 Å². The molecule has 0 bridgehead atoms. The molecule has 9 nitrogen and oxygen atoms in total. The number of ether oxygens (including phenoxy) is 1. The summed E-state index contributed by atoms with van der Waals surface area (Å²) in [5, 5.41) is 19.7. The number of fused-ring (bicyclic) bond motifs is 1. The first-order valence-electron chi connectivity index (χ1n) is 6.16. The Hall–Kier alpha value is -2.41. The van der Waals surface area contributed by atoms with E-state index in [4.69, 9.17) is 15.3 Å². The Bertz CT molecular complexity index is 721. The van der Waals surface area contributed by atoms with Crippen molar-refractivity contribution in [3.05, 3.63) is 12.7 Å². The maximum absolute atomic E-state index is 9.92. The molecule has 0 unspecified atom stereocenters. The number of rotatable bonds is 2. The van der Waals surface area contributed by atoms with Gasteiger partial charge in [0.1, 0.15) is 24.9 Å². The van der Waals surface area contributed by atoms with Crippen LogP contribution in [0.3, 0.4) is 0 Å². The second-order valence-corrected chi connectivity index (χ2v) is 4.41. The first-order chi connectivity index (χ1) is 10.1. The molecule has 0 radical (unpaired) electrons. The third-order valence-corrected chi connectivity index (χ3v) is 3.06. The number of aliphatic hydroxyl groups excluding tert-OH is 2. The van der Waals surface area contributed by atoms with E-state index >= 15 is 0 Å². The molecule has 1 aliphatic rings. The molecule has 0 saturated carbocycles. The van der Waals surface area contributed by atoms with Gasteiger partial charge >= 0.3 is 0 Å². The van der Waals surface area contributed by atoms with Crippen molar-refractivity contribution in [3.63, 3.8) is 0 Å². The highest BCUT2D eigenvalue weighted by molar-refractivity contribution is 5.80. The minimum absolute atomic E-state index is 0.213. The lowest BCUT2D eigenvalue weighted by molar-refractivity contribution is -0.159. The van der Waals surface area contributed by atoms with Gasteiger partial charge in [0.2, 0.25) is 5.65 Å². The van der Waals surface area contributed by atoms with Crippen molar-refractivity contribution in [1.29, 1.82) is 0 Å². The van der Waals surface area contributed by atoms with Crippen LogP contribution in [-0.4, -0.2) is 54.5 Å². The predicted octanol–water partition coefficient (Wildman–Crippen LogP) is -1.69. The Morgan fingerprint density at radius 2 is 2.14 bits per heavy atom. The van der Waals surface area contributed by atoms with Crippen molar-refractivity contribution in [1.82, 2.24) is 19.7 Å². The molecule has 0 amide bonds. The van der Waals surface area contributed by atoms with Gasteiger partial charge in [-0.2, -0.15) is 0 Å². The average molecular weight is 291 g/mol. The molecular formula is C12H13N5O4. The maximum atomic E-state index is 9.92. The summed E-state index contributed by atoms with van der Waals surface area (Å²) in [6.45, 7) is 1.61. The zero-order chi connectivity index (χ0) is 15.0. The molecule has 0 aromatic carbocycles. The lowest BCUT2D eigenvalue weighted by Crippen LogP contribution is -2.37. The summed E-state index contributed by atoms with van der Waals surface area (Å²) in [5.74, 6) is 5.48.